The Morgan fingerprint density at radius 1 is 1.25 bits per heavy atom. The summed E-state index contributed by atoms with van der Waals surface area (Å²) in [7, 11) is 0. The fourth-order valence-electron chi connectivity index (χ4n) is 1.79. The third-order valence-electron chi connectivity index (χ3n) is 2.44. The van der Waals surface area contributed by atoms with Gasteiger partial charge in [0.1, 0.15) is 11.5 Å². The van der Waals surface area contributed by atoms with Crippen molar-refractivity contribution in [2.24, 2.45) is 0 Å². The molecule has 1 aromatic carbocycles. The van der Waals surface area contributed by atoms with E-state index in [9.17, 15) is 9.59 Å². The number of carbonyl (C=O) groups is 2. The zero-order valence-electron chi connectivity index (χ0n) is 9.61. The molecule has 0 heterocycles. The SMILES string of the molecule is CC(C)(C)OC(=O)C1C(=O)c2ccccc21. The minimum absolute atomic E-state index is 0.134. The van der Waals surface area contributed by atoms with Crippen molar-refractivity contribution in [1.82, 2.24) is 0 Å². The molecule has 3 nitrogen and oxygen atoms in total. The second kappa shape index (κ2) is 3.44. The quantitative estimate of drug-likeness (QED) is 0.536. The van der Waals surface area contributed by atoms with E-state index in [4.69, 9.17) is 4.74 Å². The number of hydrogen-bond donors (Lipinski definition) is 0. The zero-order valence-corrected chi connectivity index (χ0v) is 9.61. The Kier molecular flexibility index (Phi) is 2.34. The Morgan fingerprint density at radius 2 is 1.88 bits per heavy atom. The van der Waals surface area contributed by atoms with Gasteiger partial charge in [0.15, 0.2) is 5.78 Å². The lowest BCUT2D eigenvalue weighted by Gasteiger charge is -2.29. The number of esters is 1. The van der Waals surface area contributed by atoms with Crippen molar-refractivity contribution in [3.8, 4) is 0 Å². The minimum Gasteiger partial charge on any atom is -0.459 e. The molecule has 84 valence electrons. The molecule has 1 atom stereocenters. The lowest BCUT2D eigenvalue weighted by molar-refractivity contribution is -0.155. The van der Waals surface area contributed by atoms with E-state index in [2.05, 4.69) is 0 Å². The molecule has 1 unspecified atom stereocenters. The van der Waals surface area contributed by atoms with Gasteiger partial charge in [-0.3, -0.25) is 9.59 Å². The van der Waals surface area contributed by atoms with E-state index >= 15 is 0 Å². The van der Waals surface area contributed by atoms with Crippen molar-refractivity contribution in [2.75, 3.05) is 0 Å². The highest BCUT2D eigenvalue weighted by atomic mass is 16.6. The topological polar surface area (TPSA) is 43.4 Å². The fourth-order valence-corrected chi connectivity index (χ4v) is 1.79. The summed E-state index contributed by atoms with van der Waals surface area (Å²) in [6, 6.07) is 7.15. The molecule has 0 saturated heterocycles. The maximum Gasteiger partial charge on any atom is 0.321 e. The molecule has 0 amide bonds. The van der Waals surface area contributed by atoms with Crippen LogP contribution in [0.5, 0.6) is 0 Å². The van der Waals surface area contributed by atoms with Gasteiger partial charge < -0.3 is 4.74 Å². The molecule has 16 heavy (non-hydrogen) atoms. The van der Waals surface area contributed by atoms with Crippen LogP contribution in [0.1, 0.15) is 42.6 Å². The van der Waals surface area contributed by atoms with Gasteiger partial charge in [-0.15, -0.1) is 0 Å². The predicted molar refractivity (Wildman–Crippen MR) is 59.4 cm³/mol. The predicted octanol–water partition coefficient (Wildman–Crippen LogP) is 2.31. The summed E-state index contributed by atoms with van der Waals surface area (Å²) in [5, 5.41) is 0. The molecule has 0 bridgehead atoms. The van der Waals surface area contributed by atoms with Gasteiger partial charge in [-0.1, -0.05) is 24.3 Å². The van der Waals surface area contributed by atoms with Crippen molar-refractivity contribution >= 4 is 11.8 Å². The van der Waals surface area contributed by atoms with Gasteiger partial charge in [-0.25, -0.2) is 0 Å². The zero-order chi connectivity index (χ0) is 11.9. The smallest absolute Gasteiger partial charge is 0.321 e. The summed E-state index contributed by atoms with van der Waals surface area (Å²) < 4.78 is 5.21. The third kappa shape index (κ3) is 1.73. The van der Waals surface area contributed by atoms with Crippen LogP contribution in [-0.4, -0.2) is 17.4 Å². The molecule has 3 heteroatoms. The van der Waals surface area contributed by atoms with E-state index < -0.39 is 17.5 Å². The second-order valence-corrected chi connectivity index (χ2v) is 4.92. The number of rotatable bonds is 1. The molecule has 0 aliphatic heterocycles. The Bertz CT molecular complexity index is 454. The highest BCUT2D eigenvalue weighted by Gasteiger charge is 2.43. The van der Waals surface area contributed by atoms with Crippen LogP contribution < -0.4 is 0 Å². The molecular formula is C13H14O3. The fraction of sp³-hybridized carbons (Fsp3) is 0.385. The van der Waals surface area contributed by atoms with Crippen LogP contribution in [0.2, 0.25) is 0 Å². The molecular weight excluding hydrogens is 204 g/mol. The van der Waals surface area contributed by atoms with E-state index in [1.54, 1.807) is 39.0 Å². The normalized spacial score (nSPS) is 18.7. The van der Waals surface area contributed by atoms with Gasteiger partial charge in [-0.05, 0) is 26.3 Å². The maximum absolute atomic E-state index is 11.8. The van der Waals surface area contributed by atoms with Gasteiger partial charge in [0, 0.05) is 5.56 Å². The monoisotopic (exact) mass is 218 g/mol. The molecule has 0 spiro atoms. The Morgan fingerprint density at radius 3 is 2.50 bits per heavy atom. The van der Waals surface area contributed by atoms with Crippen molar-refractivity contribution < 1.29 is 14.3 Å². The molecule has 0 aromatic heterocycles. The standard InChI is InChI=1S/C13H14O3/c1-13(2,3)16-12(15)10-8-6-4-5-7-9(8)11(10)14/h4-7,10H,1-3H3. The maximum atomic E-state index is 11.8. The lowest BCUT2D eigenvalue weighted by Crippen LogP contribution is -2.37. The van der Waals surface area contributed by atoms with Gasteiger partial charge in [0.2, 0.25) is 0 Å². The third-order valence-corrected chi connectivity index (χ3v) is 2.44. The van der Waals surface area contributed by atoms with Crippen LogP contribution in [0, 0.1) is 0 Å². The van der Waals surface area contributed by atoms with Crippen LogP contribution in [0.4, 0.5) is 0 Å². The summed E-state index contributed by atoms with van der Waals surface area (Å²) in [6.45, 7) is 5.37. The summed E-state index contributed by atoms with van der Waals surface area (Å²) in [4.78, 5) is 23.5. The van der Waals surface area contributed by atoms with E-state index in [0.717, 1.165) is 5.56 Å². The van der Waals surface area contributed by atoms with Crippen LogP contribution in [-0.2, 0) is 9.53 Å². The largest absolute Gasteiger partial charge is 0.459 e. The average molecular weight is 218 g/mol. The number of fused-ring (bicyclic) bond motifs is 1. The Hall–Kier alpha value is -1.64. The molecule has 0 radical (unpaired) electrons. The van der Waals surface area contributed by atoms with Gasteiger partial charge in [0.25, 0.3) is 0 Å². The molecule has 2 rings (SSSR count). The highest BCUT2D eigenvalue weighted by Crippen LogP contribution is 2.36. The summed E-state index contributed by atoms with van der Waals surface area (Å²) >= 11 is 0. The first-order valence-corrected chi connectivity index (χ1v) is 5.26. The van der Waals surface area contributed by atoms with Crippen LogP contribution >= 0.6 is 0 Å². The molecule has 0 fully saturated rings. The van der Waals surface area contributed by atoms with E-state index in [0.29, 0.717) is 5.56 Å². The molecule has 0 saturated carbocycles. The van der Waals surface area contributed by atoms with Gasteiger partial charge in [0.05, 0.1) is 0 Å². The Labute approximate surface area is 94.4 Å². The Balaban J connectivity index is 2.21. The van der Waals surface area contributed by atoms with Gasteiger partial charge in [-0.2, -0.15) is 0 Å². The summed E-state index contributed by atoms with van der Waals surface area (Å²) in [5.41, 5.74) is 0.863. The first kappa shape index (κ1) is 10.9. The number of benzene rings is 1. The lowest BCUT2D eigenvalue weighted by atomic mass is 9.76. The second-order valence-electron chi connectivity index (χ2n) is 4.92. The number of ketones is 1. The first-order chi connectivity index (χ1) is 7.40. The van der Waals surface area contributed by atoms with Crippen molar-refractivity contribution in [2.45, 2.75) is 32.3 Å². The van der Waals surface area contributed by atoms with Crippen LogP contribution in [0.25, 0.3) is 0 Å². The van der Waals surface area contributed by atoms with Crippen LogP contribution in [0.3, 0.4) is 0 Å². The number of ether oxygens (including phenoxy) is 1. The van der Waals surface area contributed by atoms with E-state index in [-0.39, 0.29) is 5.78 Å². The average Bonchev–Trinajstić information content (AvgIpc) is 2.14. The van der Waals surface area contributed by atoms with Crippen molar-refractivity contribution in [3.63, 3.8) is 0 Å². The van der Waals surface area contributed by atoms with E-state index in [1.807, 2.05) is 6.07 Å². The highest BCUT2D eigenvalue weighted by molar-refractivity contribution is 6.21. The minimum atomic E-state index is -0.713. The van der Waals surface area contributed by atoms with E-state index in [1.165, 1.54) is 0 Å². The van der Waals surface area contributed by atoms with Crippen molar-refractivity contribution in [3.05, 3.63) is 35.4 Å². The number of hydrogen-bond acceptors (Lipinski definition) is 3. The number of Topliss-reactive ketones (excluding diaryl/α,β-unsaturated/α-hetero) is 1. The molecule has 1 aromatic rings. The van der Waals surface area contributed by atoms with Crippen LogP contribution in [0.15, 0.2) is 24.3 Å². The molecule has 0 N–H and O–H groups in total. The molecule has 1 aliphatic rings. The van der Waals surface area contributed by atoms with Crippen molar-refractivity contribution in [1.29, 1.82) is 0 Å². The first-order valence-electron chi connectivity index (χ1n) is 5.26. The summed E-state index contributed by atoms with van der Waals surface area (Å²) in [5.74, 6) is -1.29. The number of carbonyl (C=O) groups excluding carboxylic acids is 2. The molecule has 1 aliphatic carbocycles. The van der Waals surface area contributed by atoms with Gasteiger partial charge >= 0.3 is 5.97 Å². The summed E-state index contributed by atoms with van der Waals surface area (Å²) in [6.07, 6.45) is 0.